The number of nitrogens with one attached hydrogen (secondary N) is 2. The summed E-state index contributed by atoms with van der Waals surface area (Å²) >= 11 is 5.91. The van der Waals surface area contributed by atoms with Gasteiger partial charge in [0.1, 0.15) is 11.5 Å². The Morgan fingerprint density at radius 3 is 2.97 bits per heavy atom. The predicted molar refractivity (Wildman–Crippen MR) is 118 cm³/mol. The molecule has 1 aliphatic heterocycles. The molecule has 4 rings (SSSR count). The molecule has 2 aromatic heterocycles. The zero-order valence-electron chi connectivity index (χ0n) is 16.8. The van der Waals surface area contributed by atoms with Crippen molar-refractivity contribution >= 4 is 40.0 Å². The molecular weight excluding hydrogens is 405 g/mol. The number of benzene rings is 1. The van der Waals surface area contributed by atoms with Gasteiger partial charge in [0.2, 0.25) is 0 Å². The summed E-state index contributed by atoms with van der Waals surface area (Å²) in [5.74, 6) is -0.460. The first-order valence-electron chi connectivity index (χ1n) is 9.84. The van der Waals surface area contributed by atoms with Gasteiger partial charge in [0.05, 0.1) is 16.8 Å². The van der Waals surface area contributed by atoms with Crippen LogP contribution in [0.1, 0.15) is 25.1 Å². The molecule has 0 saturated carbocycles. The molecule has 1 unspecified atom stereocenters. The molecule has 0 aliphatic carbocycles. The summed E-state index contributed by atoms with van der Waals surface area (Å²) in [5, 5.41) is 4.22. The lowest BCUT2D eigenvalue weighted by Gasteiger charge is -2.35. The quantitative estimate of drug-likeness (QED) is 0.542. The van der Waals surface area contributed by atoms with Crippen LogP contribution in [0.5, 0.6) is 0 Å². The fraction of sp³-hybridized carbons (Fsp3) is 0.273. The van der Waals surface area contributed by atoms with Crippen molar-refractivity contribution in [1.29, 1.82) is 0 Å². The minimum Gasteiger partial charge on any atom is -0.355 e. The highest BCUT2D eigenvalue weighted by Gasteiger charge is 2.29. The molecule has 6 nitrogen and oxygen atoms in total. The Labute approximate surface area is 179 Å². The number of carbonyl (C=O) groups excluding carboxylic acids is 1. The molecule has 0 radical (unpaired) electrons. The van der Waals surface area contributed by atoms with Gasteiger partial charge in [0.25, 0.3) is 0 Å². The third-order valence-corrected chi connectivity index (χ3v) is 5.65. The van der Waals surface area contributed by atoms with Gasteiger partial charge in [-0.3, -0.25) is 0 Å². The number of urea groups is 1. The molecule has 0 spiro atoms. The van der Waals surface area contributed by atoms with Gasteiger partial charge in [0.15, 0.2) is 0 Å². The van der Waals surface area contributed by atoms with Crippen molar-refractivity contribution < 1.29 is 9.18 Å². The largest absolute Gasteiger partial charge is 0.355 e. The van der Waals surface area contributed by atoms with Gasteiger partial charge >= 0.3 is 6.03 Å². The van der Waals surface area contributed by atoms with E-state index in [1.165, 1.54) is 6.07 Å². The molecule has 1 aromatic carbocycles. The van der Waals surface area contributed by atoms with Crippen LogP contribution in [0, 0.1) is 5.82 Å². The number of fused-ring (bicyclic) bond motifs is 1. The number of carbonyl (C=O) groups is 1. The van der Waals surface area contributed by atoms with Crippen LogP contribution in [0.15, 0.2) is 48.7 Å². The molecule has 30 heavy (non-hydrogen) atoms. The van der Waals surface area contributed by atoms with Crippen molar-refractivity contribution in [3.05, 3.63) is 65.2 Å². The number of aromatic nitrogens is 2. The second-order valence-electron chi connectivity index (χ2n) is 7.27. The molecule has 0 saturated heterocycles. The molecule has 8 heteroatoms. The number of amides is 2. The van der Waals surface area contributed by atoms with Crippen molar-refractivity contribution in [1.82, 2.24) is 19.8 Å². The molecular formula is C22H23ClFN5O. The van der Waals surface area contributed by atoms with E-state index in [4.69, 9.17) is 11.6 Å². The second-order valence-corrected chi connectivity index (χ2v) is 7.68. The number of halogens is 2. The zero-order valence-corrected chi connectivity index (χ0v) is 17.6. The van der Waals surface area contributed by atoms with Gasteiger partial charge in [-0.1, -0.05) is 23.8 Å². The Bertz CT molecular complexity index is 1110. The summed E-state index contributed by atoms with van der Waals surface area (Å²) in [7, 11) is 1.81. The van der Waals surface area contributed by atoms with Crippen molar-refractivity contribution in [3.8, 4) is 0 Å². The highest BCUT2D eigenvalue weighted by Crippen LogP contribution is 2.33. The lowest BCUT2D eigenvalue weighted by atomic mass is 10.0. The number of nitrogens with zero attached hydrogens (tertiary/aromatic N) is 3. The molecule has 1 aliphatic rings. The summed E-state index contributed by atoms with van der Waals surface area (Å²) in [6, 6.07) is 8.28. The second kappa shape index (κ2) is 8.36. The Kier molecular flexibility index (Phi) is 5.63. The Balaban J connectivity index is 1.67. The van der Waals surface area contributed by atoms with E-state index in [0.717, 1.165) is 23.2 Å². The van der Waals surface area contributed by atoms with E-state index in [0.29, 0.717) is 24.4 Å². The highest BCUT2D eigenvalue weighted by atomic mass is 35.5. The van der Waals surface area contributed by atoms with Crippen LogP contribution in [-0.2, 0) is 0 Å². The molecule has 3 aromatic rings. The van der Waals surface area contributed by atoms with Crippen molar-refractivity contribution in [2.45, 2.75) is 19.4 Å². The predicted octanol–water partition coefficient (Wildman–Crippen LogP) is 5.47. The van der Waals surface area contributed by atoms with Gasteiger partial charge in [0, 0.05) is 43.1 Å². The van der Waals surface area contributed by atoms with Crippen molar-refractivity contribution in [2.75, 3.05) is 25.5 Å². The molecule has 3 heterocycles. The monoisotopic (exact) mass is 427 g/mol. The van der Waals surface area contributed by atoms with E-state index < -0.39 is 5.82 Å². The van der Waals surface area contributed by atoms with Gasteiger partial charge in [-0.15, -0.1) is 0 Å². The molecule has 1 atom stereocenters. The summed E-state index contributed by atoms with van der Waals surface area (Å²) < 4.78 is 13.5. The van der Waals surface area contributed by atoms with E-state index in [-0.39, 0.29) is 17.1 Å². The van der Waals surface area contributed by atoms with E-state index in [1.54, 1.807) is 30.3 Å². The Morgan fingerprint density at radius 1 is 1.37 bits per heavy atom. The molecule has 156 valence electrons. The average Bonchev–Trinajstić information content (AvgIpc) is 3.20. The minimum atomic E-state index is -0.460. The topological polar surface area (TPSA) is 64.3 Å². The average molecular weight is 428 g/mol. The molecule has 0 fully saturated rings. The lowest BCUT2D eigenvalue weighted by Crippen LogP contribution is -2.44. The fourth-order valence-corrected chi connectivity index (χ4v) is 3.77. The third-order valence-electron chi connectivity index (χ3n) is 5.36. The maximum absolute atomic E-state index is 13.5. The van der Waals surface area contributed by atoms with Crippen LogP contribution in [0.2, 0.25) is 5.02 Å². The van der Waals surface area contributed by atoms with E-state index in [2.05, 4.69) is 21.4 Å². The van der Waals surface area contributed by atoms with Crippen LogP contribution in [0.25, 0.3) is 11.0 Å². The standard InChI is InChI=1S/C22H23ClFN5O/c1-3-28(2)22(30)29-11-5-4-6-20(29)19-13-15-18(9-10-25-21(15)27-19)26-14-7-8-17(24)16(23)12-14/h4-5,7-10,12-13,20H,3,6,11H2,1-2H3,(H2,25,26,27). The Hall–Kier alpha value is -3.06. The minimum absolute atomic E-state index is 0.00207. The van der Waals surface area contributed by atoms with E-state index >= 15 is 0 Å². The molecule has 2 N–H and O–H groups in total. The highest BCUT2D eigenvalue weighted by molar-refractivity contribution is 6.31. The number of rotatable bonds is 4. The fourth-order valence-electron chi connectivity index (χ4n) is 3.59. The number of pyridine rings is 1. The maximum Gasteiger partial charge on any atom is 0.320 e. The first-order chi connectivity index (χ1) is 14.5. The number of hydrogen-bond donors (Lipinski definition) is 2. The first-order valence-corrected chi connectivity index (χ1v) is 10.2. The van der Waals surface area contributed by atoms with E-state index in [9.17, 15) is 9.18 Å². The first kappa shape index (κ1) is 20.2. The van der Waals surface area contributed by atoms with Crippen LogP contribution in [0.3, 0.4) is 0 Å². The maximum atomic E-state index is 13.5. The molecule has 2 amide bonds. The van der Waals surface area contributed by atoms with Crippen LogP contribution in [0.4, 0.5) is 20.6 Å². The normalized spacial score (nSPS) is 16.1. The summed E-state index contributed by atoms with van der Waals surface area (Å²) in [6.45, 7) is 3.17. The van der Waals surface area contributed by atoms with Crippen LogP contribution >= 0.6 is 11.6 Å². The van der Waals surface area contributed by atoms with Gasteiger partial charge in [-0.05, 0) is 43.7 Å². The number of anilines is 2. The summed E-state index contributed by atoms with van der Waals surface area (Å²) in [5.41, 5.74) is 3.14. The van der Waals surface area contributed by atoms with Gasteiger partial charge in [-0.25, -0.2) is 14.2 Å². The number of hydrogen-bond acceptors (Lipinski definition) is 3. The number of H-pyrrole nitrogens is 1. The SMILES string of the molecule is CCN(C)C(=O)N1CC=CCC1c1cc2c(Nc3ccc(F)c(Cl)c3)ccnc2[nH]1. The van der Waals surface area contributed by atoms with Gasteiger partial charge < -0.3 is 20.1 Å². The van der Waals surface area contributed by atoms with Crippen molar-refractivity contribution in [3.63, 3.8) is 0 Å². The summed E-state index contributed by atoms with van der Waals surface area (Å²) in [4.78, 5) is 24.2. The smallest absolute Gasteiger partial charge is 0.320 e. The van der Waals surface area contributed by atoms with Gasteiger partial charge in [-0.2, -0.15) is 0 Å². The zero-order chi connectivity index (χ0) is 21.3. The number of aromatic amines is 1. The van der Waals surface area contributed by atoms with E-state index in [1.807, 2.05) is 30.0 Å². The Morgan fingerprint density at radius 2 is 2.20 bits per heavy atom. The van der Waals surface area contributed by atoms with Crippen LogP contribution < -0.4 is 5.32 Å². The third kappa shape index (κ3) is 3.85. The molecule has 0 bridgehead atoms. The lowest BCUT2D eigenvalue weighted by molar-refractivity contribution is 0.146. The van der Waals surface area contributed by atoms with Crippen LogP contribution in [-0.4, -0.2) is 45.9 Å². The summed E-state index contributed by atoms with van der Waals surface area (Å²) in [6.07, 6.45) is 6.54. The van der Waals surface area contributed by atoms with Crippen molar-refractivity contribution in [2.24, 2.45) is 0 Å².